The first-order valence-electron chi connectivity index (χ1n) is 22.2. The molecule has 4 saturated carbocycles. The number of benzene rings is 4. The second-order valence-electron chi connectivity index (χ2n) is 19.1. The summed E-state index contributed by atoms with van der Waals surface area (Å²) in [5, 5.41) is 20.4. The minimum atomic E-state index is -0.303. The third kappa shape index (κ3) is 7.29. The van der Waals surface area contributed by atoms with Crippen molar-refractivity contribution in [3.05, 3.63) is 130 Å². The Labute approximate surface area is 344 Å². The van der Waals surface area contributed by atoms with Gasteiger partial charge in [-0.3, -0.25) is 4.79 Å². The van der Waals surface area contributed by atoms with Crippen LogP contribution in [0.4, 0.5) is 0 Å². The van der Waals surface area contributed by atoms with E-state index in [2.05, 4.69) is 44.2 Å². The molecule has 0 unspecified atom stereocenters. The fourth-order valence-corrected chi connectivity index (χ4v) is 13.2. The summed E-state index contributed by atoms with van der Waals surface area (Å²) < 4.78 is 11.7. The Morgan fingerprint density at radius 1 is 0.672 bits per heavy atom. The lowest BCUT2D eigenvalue weighted by atomic mass is 9.55. The summed E-state index contributed by atoms with van der Waals surface area (Å²) in [6, 6.07) is 31.5. The van der Waals surface area contributed by atoms with Crippen molar-refractivity contribution in [2.45, 2.75) is 128 Å². The zero-order chi connectivity index (χ0) is 40.0. The van der Waals surface area contributed by atoms with Gasteiger partial charge in [-0.2, -0.15) is 0 Å². The van der Waals surface area contributed by atoms with Crippen molar-refractivity contribution in [2.24, 2.45) is 34.5 Å². The van der Waals surface area contributed by atoms with Gasteiger partial charge in [0, 0.05) is 11.8 Å². The summed E-state index contributed by atoms with van der Waals surface area (Å²) in [4.78, 5) is 25.0. The highest BCUT2D eigenvalue weighted by atomic mass is 16.5. The van der Waals surface area contributed by atoms with E-state index in [1.54, 1.807) is 12.1 Å². The maximum atomic E-state index is 12.6. The highest BCUT2D eigenvalue weighted by Gasteiger charge is 2.57. The van der Waals surface area contributed by atoms with Crippen LogP contribution in [0, 0.1) is 34.5 Å². The number of phenolic OH excluding ortho intramolecular Hbond substituents is 1. The molecule has 0 amide bonds. The summed E-state index contributed by atoms with van der Waals surface area (Å²) in [6.07, 6.45) is 14.5. The van der Waals surface area contributed by atoms with Crippen molar-refractivity contribution in [2.75, 3.05) is 0 Å². The number of carbonyl (C=O) groups excluding carboxylic acids is 2. The lowest BCUT2D eigenvalue weighted by Gasteiger charge is -2.50. The molecule has 2 N–H and O–H groups in total. The molecule has 0 radical (unpaired) electrons. The summed E-state index contributed by atoms with van der Waals surface area (Å²) in [6.45, 7) is 4.69. The van der Waals surface area contributed by atoms with Gasteiger partial charge in [-0.15, -0.1) is 0 Å². The summed E-state index contributed by atoms with van der Waals surface area (Å²) >= 11 is 0. The number of aryl methyl sites for hydroxylation is 3. The van der Waals surface area contributed by atoms with Crippen molar-refractivity contribution in [1.82, 2.24) is 0 Å². The molecule has 0 heterocycles. The fourth-order valence-electron chi connectivity index (χ4n) is 13.2. The van der Waals surface area contributed by atoms with E-state index in [0.717, 1.165) is 57.8 Å². The van der Waals surface area contributed by atoms with Crippen molar-refractivity contribution in [1.29, 1.82) is 0 Å². The maximum Gasteiger partial charge on any atom is 0.343 e. The average molecular weight is 781 g/mol. The molecule has 58 heavy (non-hydrogen) atoms. The molecule has 6 nitrogen and oxygen atoms in total. The minimum Gasteiger partial charge on any atom is -0.508 e. The average Bonchev–Trinajstić information content (AvgIpc) is 3.74. The Balaban J connectivity index is 0.000000151. The normalized spacial score (nSPS) is 32.7. The molecule has 4 fully saturated rings. The molecule has 10 rings (SSSR count). The number of aliphatic hydroxyl groups excluding tert-OH is 1. The zero-order valence-corrected chi connectivity index (χ0v) is 34.3. The van der Waals surface area contributed by atoms with Gasteiger partial charge in [0.1, 0.15) is 17.6 Å². The van der Waals surface area contributed by atoms with Crippen LogP contribution >= 0.6 is 0 Å². The molecule has 0 aliphatic heterocycles. The molecule has 6 aliphatic rings. The van der Waals surface area contributed by atoms with Crippen molar-refractivity contribution in [3.63, 3.8) is 0 Å². The molecule has 4 aromatic rings. The van der Waals surface area contributed by atoms with E-state index < -0.39 is 0 Å². The number of hydrogen-bond acceptors (Lipinski definition) is 6. The van der Waals surface area contributed by atoms with Crippen LogP contribution in [0.2, 0.25) is 0 Å². The van der Waals surface area contributed by atoms with Crippen LogP contribution in [-0.2, 0) is 28.8 Å². The number of hydrogen-bond donors (Lipinski definition) is 2. The first kappa shape index (κ1) is 39.1. The predicted molar refractivity (Wildman–Crippen MR) is 226 cm³/mol. The smallest absolute Gasteiger partial charge is 0.343 e. The van der Waals surface area contributed by atoms with Gasteiger partial charge in [0.2, 0.25) is 0 Å². The van der Waals surface area contributed by atoms with Gasteiger partial charge >= 0.3 is 11.9 Å². The fraction of sp³-hybridized carbons (Fsp3) is 0.500. The lowest BCUT2D eigenvalue weighted by molar-refractivity contribution is -0.157. The van der Waals surface area contributed by atoms with E-state index >= 15 is 0 Å². The molecule has 6 aliphatic carbocycles. The van der Waals surface area contributed by atoms with Gasteiger partial charge in [-0.05, 0) is 189 Å². The van der Waals surface area contributed by atoms with Crippen LogP contribution in [-0.4, -0.2) is 34.4 Å². The zero-order valence-electron chi connectivity index (χ0n) is 34.3. The van der Waals surface area contributed by atoms with Crippen LogP contribution in [0.15, 0.2) is 97.1 Å². The largest absolute Gasteiger partial charge is 0.508 e. The summed E-state index contributed by atoms with van der Waals surface area (Å²) in [5.74, 6) is 4.50. The highest BCUT2D eigenvalue weighted by Crippen LogP contribution is 2.63. The van der Waals surface area contributed by atoms with E-state index in [-0.39, 0.29) is 35.0 Å². The number of aliphatic hydroxyl groups is 1. The van der Waals surface area contributed by atoms with Crippen LogP contribution in [0.25, 0.3) is 0 Å². The van der Waals surface area contributed by atoms with Gasteiger partial charge < -0.3 is 19.7 Å². The van der Waals surface area contributed by atoms with Crippen molar-refractivity contribution >= 4 is 11.9 Å². The molecule has 304 valence electrons. The van der Waals surface area contributed by atoms with Crippen LogP contribution in [0.1, 0.15) is 134 Å². The molecule has 0 spiro atoms. The Kier molecular flexibility index (Phi) is 10.8. The predicted octanol–water partition coefficient (Wildman–Crippen LogP) is 10.9. The number of ether oxygens (including phenoxy) is 2. The number of rotatable bonds is 6. The Morgan fingerprint density at radius 2 is 1.28 bits per heavy atom. The van der Waals surface area contributed by atoms with E-state index in [1.807, 2.05) is 54.6 Å². The van der Waals surface area contributed by atoms with Crippen LogP contribution in [0.3, 0.4) is 0 Å². The number of phenols is 1. The van der Waals surface area contributed by atoms with Crippen molar-refractivity contribution in [3.8, 4) is 11.5 Å². The molecule has 0 aromatic heterocycles. The second kappa shape index (κ2) is 16.0. The highest BCUT2D eigenvalue weighted by molar-refractivity contribution is 5.91. The first-order valence-corrected chi connectivity index (χ1v) is 22.2. The third-order valence-corrected chi connectivity index (χ3v) is 16.2. The van der Waals surface area contributed by atoms with Gasteiger partial charge in [0.25, 0.3) is 0 Å². The van der Waals surface area contributed by atoms with E-state index in [0.29, 0.717) is 59.0 Å². The first-order chi connectivity index (χ1) is 28.1. The van der Waals surface area contributed by atoms with E-state index in [4.69, 9.17) is 9.47 Å². The molecular formula is C52H60O6. The molecule has 6 heteroatoms. The van der Waals surface area contributed by atoms with Gasteiger partial charge in [-0.1, -0.05) is 74.5 Å². The van der Waals surface area contributed by atoms with Crippen LogP contribution < -0.4 is 4.74 Å². The van der Waals surface area contributed by atoms with Gasteiger partial charge in [0.15, 0.2) is 0 Å². The standard InChI is InChI=1S/C27H32O3.C25H28O3/c1-27-16-15-22-21-11-9-20(28)17-19(21)8-10-23(22)24(27)12-13-25(27)30-26(29)14-7-18-5-3-2-4-6-18;1-25-14-13-20-19-10-8-18(28-24(27)16-5-3-2-4-6-16)15-17(19)7-9-21(20)22(25)11-12-23(25)26/h2-6,9,11,17,22-25,28H,7-8,10,12-16H2,1H3;2-6,8,10,15,20-23,26H,7,9,11-14H2,1H3/t22-,23-,24+,25+,27+;20-,21-,22+,23+,25+/m11/s1. The Hall–Kier alpha value is -4.42. The maximum absolute atomic E-state index is 12.6. The third-order valence-electron chi connectivity index (χ3n) is 16.2. The topological polar surface area (TPSA) is 93.1 Å². The quantitative estimate of drug-likeness (QED) is 0.150. The van der Waals surface area contributed by atoms with Crippen LogP contribution in [0.5, 0.6) is 11.5 Å². The lowest BCUT2D eigenvalue weighted by Crippen LogP contribution is -2.45. The van der Waals surface area contributed by atoms with E-state index in [1.165, 1.54) is 53.5 Å². The molecule has 0 bridgehead atoms. The Bertz CT molecular complexity index is 2110. The number of aromatic hydroxyl groups is 1. The number of esters is 2. The second-order valence-corrected chi connectivity index (χ2v) is 19.1. The molecule has 4 aromatic carbocycles. The minimum absolute atomic E-state index is 0.0442. The number of carbonyl (C=O) groups is 2. The SMILES string of the molecule is C[C@]12CC[C@@H]3c4ccc(O)cc4CC[C@H]3[C@@H]1CC[C@@H]2OC(=O)CCc1ccccc1.C[C@]12CC[C@@H]3c4ccc(OC(=O)c5ccccc5)cc4CC[C@H]3[C@@H]1CC[C@@H]2O. The molecular weight excluding hydrogens is 721 g/mol. The van der Waals surface area contributed by atoms with Gasteiger partial charge in [-0.25, -0.2) is 4.79 Å². The number of fused-ring (bicyclic) bond motifs is 10. The summed E-state index contributed by atoms with van der Waals surface area (Å²) in [5.41, 5.74) is 7.56. The monoisotopic (exact) mass is 780 g/mol. The Morgan fingerprint density at radius 3 is 1.98 bits per heavy atom. The molecule has 10 atom stereocenters. The van der Waals surface area contributed by atoms with E-state index in [9.17, 15) is 19.8 Å². The summed E-state index contributed by atoms with van der Waals surface area (Å²) in [7, 11) is 0. The van der Waals surface area contributed by atoms with Gasteiger partial charge in [0.05, 0.1) is 11.7 Å². The molecule has 0 saturated heterocycles. The van der Waals surface area contributed by atoms with Crippen molar-refractivity contribution < 1.29 is 29.3 Å².